The number of hydrogen-bond donors (Lipinski definition) is 2. The molecule has 0 aliphatic heterocycles. The van der Waals surface area contributed by atoms with Crippen molar-refractivity contribution in [3.8, 4) is 0 Å². The summed E-state index contributed by atoms with van der Waals surface area (Å²) >= 11 is 0. The van der Waals surface area contributed by atoms with Gasteiger partial charge in [0.05, 0.1) is 11.3 Å². The molecule has 1 amide bonds. The van der Waals surface area contributed by atoms with Gasteiger partial charge >= 0.3 is 0 Å². The second-order valence-electron chi connectivity index (χ2n) is 5.14. The van der Waals surface area contributed by atoms with Gasteiger partial charge in [-0.25, -0.2) is 4.39 Å². The predicted molar refractivity (Wildman–Crippen MR) is 81.6 cm³/mol. The molecule has 0 spiro atoms. The summed E-state index contributed by atoms with van der Waals surface area (Å²) in [5.74, 6) is -0.632. The van der Waals surface area contributed by atoms with Crippen molar-refractivity contribution in [2.75, 3.05) is 12.4 Å². The Morgan fingerprint density at radius 2 is 2.05 bits per heavy atom. The lowest BCUT2D eigenvalue weighted by molar-refractivity contribution is 0.0938. The molecule has 0 aliphatic rings. The van der Waals surface area contributed by atoms with Crippen molar-refractivity contribution < 1.29 is 9.18 Å². The number of anilines is 1. The summed E-state index contributed by atoms with van der Waals surface area (Å²) in [6.07, 6.45) is 5.69. The molecule has 1 aromatic carbocycles. The molecule has 1 rings (SSSR count). The van der Waals surface area contributed by atoms with Crippen LogP contribution in [0.15, 0.2) is 18.2 Å². The van der Waals surface area contributed by atoms with Gasteiger partial charge in [-0.1, -0.05) is 38.7 Å². The van der Waals surface area contributed by atoms with Crippen LogP contribution in [0.2, 0.25) is 0 Å². The number of rotatable bonds is 8. The number of para-hydroxylation sites is 1. The minimum Gasteiger partial charge on any atom is -0.385 e. The number of amides is 1. The molecule has 0 radical (unpaired) electrons. The fourth-order valence-corrected chi connectivity index (χ4v) is 2.22. The number of carbonyl (C=O) groups excluding carboxylic acids is 1. The highest BCUT2D eigenvalue weighted by atomic mass is 19.1. The molecule has 0 heterocycles. The van der Waals surface area contributed by atoms with E-state index in [1.807, 2.05) is 6.92 Å². The molecule has 0 aromatic heterocycles. The summed E-state index contributed by atoms with van der Waals surface area (Å²) in [6, 6.07) is 4.63. The molecule has 1 aromatic rings. The number of hydrogen-bond acceptors (Lipinski definition) is 2. The molecule has 1 atom stereocenters. The van der Waals surface area contributed by atoms with Crippen LogP contribution in [0.1, 0.15) is 56.3 Å². The summed E-state index contributed by atoms with van der Waals surface area (Å²) < 4.78 is 13.6. The number of nitrogens with one attached hydrogen (secondary N) is 2. The van der Waals surface area contributed by atoms with E-state index in [9.17, 15) is 9.18 Å². The molecular weight excluding hydrogens is 255 g/mol. The summed E-state index contributed by atoms with van der Waals surface area (Å²) in [6.45, 7) is 4.16. The fraction of sp³-hybridized carbons (Fsp3) is 0.562. The van der Waals surface area contributed by atoms with Crippen molar-refractivity contribution >= 4 is 11.6 Å². The lowest BCUT2D eigenvalue weighted by Gasteiger charge is -2.15. The summed E-state index contributed by atoms with van der Waals surface area (Å²) in [7, 11) is 1.61. The van der Waals surface area contributed by atoms with E-state index in [0.29, 0.717) is 5.56 Å². The first-order chi connectivity index (χ1) is 9.60. The van der Waals surface area contributed by atoms with Crippen LogP contribution in [-0.2, 0) is 0 Å². The molecule has 0 saturated heterocycles. The van der Waals surface area contributed by atoms with Crippen molar-refractivity contribution in [1.29, 1.82) is 0 Å². The second-order valence-corrected chi connectivity index (χ2v) is 5.14. The second kappa shape index (κ2) is 8.56. The maximum atomic E-state index is 13.6. The van der Waals surface area contributed by atoms with Crippen LogP contribution in [0, 0.1) is 5.82 Å². The van der Waals surface area contributed by atoms with Gasteiger partial charge in [-0.3, -0.25) is 4.79 Å². The third-order valence-electron chi connectivity index (χ3n) is 3.38. The molecule has 20 heavy (non-hydrogen) atoms. The maximum absolute atomic E-state index is 13.6. The molecule has 112 valence electrons. The first-order valence-corrected chi connectivity index (χ1v) is 7.37. The Labute approximate surface area is 121 Å². The van der Waals surface area contributed by atoms with Crippen molar-refractivity contribution in [1.82, 2.24) is 5.32 Å². The van der Waals surface area contributed by atoms with Gasteiger partial charge in [-0.05, 0) is 25.5 Å². The number of benzene rings is 1. The van der Waals surface area contributed by atoms with E-state index in [1.54, 1.807) is 19.2 Å². The zero-order valence-corrected chi connectivity index (χ0v) is 12.6. The van der Waals surface area contributed by atoms with Crippen LogP contribution in [0.4, 0.5) is 10.1 Å². The van der Waals surface area contributed by atoms with Crippen LogP contribution in [-0.4, -0.2) is 19.0 Å². The molecule has 3 nitrogen and oxygen atoms in total. The van der Waals surface area contributed by atoms with Crippen molar-refractivity contribution in [2.45, 2.75) is 52.0 Å². The van der Waals surface area contributed by atoms with E-state index in [-0.39, 0.29) is 17.6 Å². The average molecular weight is 280 g/mol. The van der Waals surface area contributed by atoms with E-state index in [1.165, 1.54) is 25.3 Å². The van der Waals surface area contributed by atoms with Gasteiger partial charge in [0, 0.05) is 13.1 Å². The predicted octanol–water partition coefficient (Wildman–Crippen LogP) is 3.96. The van der Waals surface area contributed by atoms with Crippen LogP contribution >= 0.6 is 0 Å². The third kappa shape index (κ3) is 4.83. The highest BCUT2D eigenvalue weighted by molar-refractivity contribution is 5.99. The number of unbranched alkanes of at least 4 members (excludes halogenated alkanes) is 3. The van der Waals surface area contributed by atoms with Gasteiger partial charge < -0.3 is 10.6 Å². The van der Waals surface area contributed by atoms with Crippen LogP contribution in [0.5, 0.6) is 0 Å². The number of carbonyl (C=O) groups is 1. The summed E-state index contributed by atoms with van der Waals surface area (Å²) in [4.78, 5) is 12.2. The Bertz CT molecular complexity index is 434. The van der Waals surface area contributed by atoms with Crippen molar-refractivity contribution in [3.05, 3.63) is 29.6 Å². The lowest BCUT2D eigenvalue weighted by Crippen LogP contribution is -2.33. The largest absolute Gasteiger partial charge is 0.385 e. The van der Waals surface area contributed by atoms with E-state index >= 15 is 0 Å². The molecule has 2 N–H and O–H groups in total. The fourth-order valence-electron chi connectivity index (χ4n) is 2.22. The summed E-state index contributed by atoms with van der Waals surface area (Å²) in [5.41, 5.74) is 0.607. The molecule has 1 unspecified atom stereocenters. The average Bonchev–Trinajstić information content (AvgIpc) is 2.43. The molecular formula is C16H25FN2O. The first-order valence-electron chi connectivity index (χ1n) is 7.37. The van der Waals surface area contributed by atoms with Gasteiger partial charge in [0.1, 0.15) is 5.82 Å². The van der Waals surface area contributed by atoms with Gasteiger partial charge in [0.25, 0.3) is 5.91 Å². The van der Waals surface area contributed by atoms with Gasteiger partial charge in [0.15, 0.2) is 0 Å². The minimum absolute atomic E-state index is 0.104. The molecule has 4 heteroatoms. The quantitative estimate of drug-likeness (QED) is 0.708. The van der Waals surface area contributed by atoms with E-state index in [4.69, 9.17) is 0 Å². The Morgan fingerprint density at radius 1 is 1.30 bits per heavy atom. The Morgan fingerprint density at radius 3 is 2.70 bits per heavy atom. The Kier molecular flexibility index (Phi) is 7.05. The highest BCUT2D eigenvalue weighted by Gasteiger charge is 2.15. The van der Waals surface area contributed by atoms with Gasteiger partial charge in [-0.2, -0.15) is 0 Å². The SMILES string of the molecule is CCCCCCC(C)NC(=O)c1cccc(F)c1NC. The monoisotopic (exact) mass is 280 g/mol. The first kappa shape index (κ1) is 16.5. The summed E-state index contributed by atoms with van der Waals surface area (Å²) in [5, 5.41) is 5.67. The zero-order chi connectivity index (χ0) is 15.0. The highest BCUT2D eigenvalue weighted by Crippen LogP contribution is 2.19. The zero-order valence-electron chi connectivity index (χ0n) is 12.6. The van der Waals surface area contributed by atoms with E-state index in [0.717, 1.165) is 12.8 Å². The molecule has 0 saturated carbocycles. The topological polar surface area (TPSA) is 41.1 Å². The Hall–Kier alpha value is -1.58. The Balaban J connectivity index is 2.56. The lowest BCUT2D eigenvalue weighted by atomic mass is 10.1. The standard InChI is InChI=1S/C16H25FN2O/c1-4-5-6-7-9-12(2)19-16(20)13-10-8-11-14(17)15(13)18-3/h8,10-12,18H,4-7,9H2,1-3H3,(H,19,20). The van der Waals surface area contributed by atoms with Gasteiger partial charge in [-0.15, -0.1) is 0 Å². The van der Waals surface area contributed by atoms with Crippen molar-refractivity contribution in [2.24, 2.45) is 0 Å². The molecule has 0 aliphatic carbocycles. The van der Waals surface area contributed by atoms with E-state index < -0.39 is 5.82 Å². The smallest absolute Gasteiger partial charge is 0.253 e. The van der Waals surface area contributed by atoms with Crippen LogP contribution in [0.25, 0.3) is 0 Å². The van der Waals surface area contributed by atoms with Crippen LogP contribution < -0.4 is 10.6 Å². The molecule has 0 bridgehead atoms. The van der Waals surface area contributed by atoms with Gasteiger partial charge in [0.2, 0.25) is 0 Å². The maximum Gasteiger partial charge on any atom is 0.253 e. The van der Waals surface area contributed by atoms with Crippen LogP contribution in [0.3, 0.4) is 0 Å². The normalized spacial score (nSPS) is 12.0. The molecule has 0 fully saturated rings. The minimum atomic E-state index is -0.407. The van der Waals surface area contributed by atoms with Crippen molar-refractivity contribution in [3.63, 3.8) is 0 Å². The third-order valence-corrected chi connectivity index (χ3v) is 3.38. The number of halogens is 1. The van der Waals surface area contributed by atoms with E-state index in [2.05, 4.69) is 17.6 Å².